The molecule has 0 saturated carbocycles. The summed E-state index contributed by atoms with van der Waals surface area (Å²) in [7, 11) is 1.58. The van der Waals surface area contributed by atoms with E-state index in [2.05, 4.69) is 5.32 Å². The Morgan fingerprint density at radius 3 is 2.78 bits per heavy atom. The average Bonchev–Trinajstić information content (AvgIpc) is 2.72. The third kappa shape index (κ3) is 4.12. The number of thiophene rings is 1. The maximum Gasteiger partial charge on any atom is 0.338 e. The van der Waals surface area contributed by atoms with Crippen molar-refractivity contribution in [1.29, 1.82) is 0 Å². The highest BCUT2D eigenvalue weighted by Gasteiger charge is 2.16. The van der Waals surface area contributed by atoms with Crippen LogP contribution in [0.1, 0.15) is 35.0 Å². The van der Waals surface area contributed by atoms with E-state index in [1.807, 2.05) is 6.92 Å². The molecule has 0 bridgehead atoms. The van der Waals surface area contributed by atoms with Gasteiger partial charge in [0.15, 0.2) is 0 Å². The molecule has 2 N–H and O–H groups in total. The zero-order valence-corrected chi connectivity index (χ0v) is 11.3. The minimum atomic E-state index is -1.02. The van der Waals surface area contributed by atoms with Gasteiger partial charge in [-0.05, 0) is 18.9 Å². The maximum atomic E-state index is 11.6. The van der Waals surface area contributed by atoms with Gasteiger partial charge in [0, 0.05) is 25.0 Å². The van der Waals surface area contributed by atoms with Gasteiger partial charge in [0.05, 0.1) is 5.56 Å². The van der Waals surface area contributed by atoms with Crippen molar-refractivity contribution in [3.63, 3.8) is 0 Å². The first-order chi connectivity index (χ1) is 8.58. The van der Waals surface area contributed by atoms with Crippen molar-refractivity contribution in [2.45, 2.75) is 26.2 Å². The second kappa shape index (κ2) is 7.13. The molecule has 0 radical (unpaired) electrons. The second-order valence-corrected chi connectivity index (χ2v) is 4.90. The van der Waals surface area contributed by atoms with E-state index < -0.39 is 5.97 Å². The molecule has 0 atom stereocenters. The van der Waals surface area contributed by atoms with E-state index in [1.54, 1.807) is 13.2 Å². The van der Waals surface area contributed by atoms with E-state index in [4.69, 9.17) is 9.84 Å². The van der Waals surface area contributed by atoms with Crippen LogP contribution in [0.2, 0.25) is 0 Å². The number of carbonyl (C=O) groups excluding carboxylic acids is 1. The molecule has 1 aromatic rings. The molecule has 6 heteroatoms. The number of aromatic carboxylic acids is 1. The van der Waals surface area contributed by atoms with Crippen molar-refractivity contribution in [3.05, 3.63) is 16.5 Å². The summed E-state index contributed by atoms with van der Waals surface area (Å²) in [5.74, 6) is -1.20. The van der Waals surface area contributed by atoms with Gasteiger partial charge in [-0.15, -0.1) is 11.3 Å². The minimum absolute atomic E-state index is 0.164. The Labute approximate surface area is 110 Å². The van der Waals surface area contributed by atoms with Crippen LogP contribution in [0.4, 0.5) is 5.00 Å². The van der Waals surface area contributed by atoms with Crippen molar-refractivity contribution in [3.8, 4) is 0 Å². The number of aryl methyl sites for hydroxylation is 1. The van der Waals surface area contributed by atoms with Crippen LogP contribution in [0.15, 0.2) is 6.07 Å². The Morgan fingerprint density at radius 2 is 2.22 bits per heavy atom. The molecule has 0 spiro atoms. The molecule has 1 rings (SSSR count). The number of carboxylic acid groups (broad SMARTS) is 1. The van der Waals surface area contributed by atoms with E-state index in [-0.39, 0.29) is 11.5 Å². The monoisotopic (exact) mass is 271 g/mol. The highest BCUT2D eigenvalue weighted by Crippen LogP contribution is 2.28. The SMILES string of the molecule is CCc1cc(C(=O)O)c(NC(=O)CCCOC)s1. The molecule has 1 amide bonds. The third-order valence-corrected chi connectivity index (χ3v) is 3.56. The van der Waals surface area contributed by atoms with Crippen LogP contribution in [-0.2, 0) is 16.0 Å². The number of anilines is 1. The lowest BCUT2D eigenvalue weighted by Gasteiger charge is -2.03. The maximum absolute atomic E-state index is 11.6. The summed E-state index contributed by atoms with van der Waals surface area (Å²) >= 11 is 1.31. The van der Waals surface area contributed by atoms with Crippen molar-refractivity contribution in [2.75, 3.05) is 19.0 Å². The molecule has 0 unspecified atom stereocenters. The topological polar surface area (TPSA) is 75.6 Å². The molecule has 1 aromatic heterocycles. The smallest absolute Gasteiger partial charge is 0.338 e. The van der Waals surface area contributed by atoms with Crippen molar-refractivity contribution >= 4 is 28.2 Å². The number of rotatable bonds is 7. The Morgan fingerprint density at radius 1 is 1.50 bits per heavy atom. The van der Waals surface area contributed by atoms with Gasteiger partial charge >= 0.3 is 5.97 Å². The summed E-state index contributed by atoms with van der Waals surface area (Å²) in [5, 5.41) is 12.1. The molecule has 18 heavy (non-hydrogen) atoms. The summed E-state index contributed by atoms with van der Waals surface area (Å²) < 4.78 is 4.85. The Hall–Kier alpha value is -1.40. The normalized spacial score (nSPS) is 10.3. The molecule has 0 aromatic carbocycles. The first-order valence-electron chi connectivity index (χ1n) is 5.73. The predicted octanol–water partition coefficient (Wildman–Crippen LogP) is 2.37. The molecule has 1 heterocycles. The van der Waals surface area contributed by atoms with Crippen LogP contribution < -0.4 is 5.32 Å². The van der Waals surface area contributed by atoms with E-state index in [9.17, 15) is 9.59 Å². The van der Waals surface area contributed by atoms with E-state index >= 15 is 0 Å². The number of ether oxygens (including phenoxy) is 1. The number of amides is 1. The third-order valence-electron chi connectivity index (χ3n) is 2.37. The molecule has 100 valence electrons. The first-order valence-corrected chi connectivity index (χ1v) is 6.55. The number of hydrogen-bond acceptors (Lipinski definition) is 4. The van der Waals surface area contributed by atoms with E-state index in [0.717, 1.165) is 11.3 Å². The molecule has 0 aliphatic rings. The fraction of sp³-hybridized carbons (Fsp3) is 0.500. The van der Waals surface area contributed by atoms with Crippen LogP contribution in [-0.4, -0.2) is 30.7 Å². The van der Waals surface area contributed by atoms with Crippen molar-refractivity contribution in [2.24, 2.45) is 0 Å². The Balaban J connectivity index is 2.67. The van der Waals surface area contributed by atoms with Gasteiger partial charge in [0.1, 0.15) is 5.00 Å². The fourth-order valence-electron chi connectivity index (χ4n) is 1.43. The zero-order chi connectivity index (χ0) is 13.5. The predicted molar refractivity (Wildman–Crippen MR) is 70.4 cm³/mol. The van der Waals surface area contributed by atoms with Crippen molar-refractivity contribution < 1.29 is 19.4 Å². The van der Waals surface area contributed by atoms with Crippen LogP contribution in [0, 0.1) is 0 Å². The zero-order valence-electron chi connectivity index (χ0n) is 10.5. The summed E-state index contributed by atoms with van der Waals surface area (Å²) in [6.07, 6.45) is 1.70. The number of methoxy groups -OCH3 is 1. The lowest BCUT2D eigenvalue weighted by Crippen LogP contribution is -2.13. The average molecular weight is 271 g/mol. The highest BCUT2D eigenvalue weighted by molar-refractivity contribution is 7.16. The quantitative estimate of drug-likeness (QED) is 0.746. The van der Waals surface area contributed by atoms with Gasteiger partial charge < -0.3 is 15.2 Å². The van der Waals surface area contributed by atoms with Crippen LogP contribution in [0.3, 0.4) is 0 Å². The minimum Gasteiger partial charge on any atom is -0.478 e. The van der Waals surface area contributed by atoms with Crippen LogP contribution in [0.25, 0.3) is 0 Å². The lowest BCUT2D eigenvalue weighted by atomic mass is 10.2. The van der Waals surface area contributed by atoms with Gasteiger partial charge in [-0.2, -0.15) is 0 Å². The standard InChI is InChI=1S/C12H17NO4S/c1-3-8-7-9(12(15)16)11(18-8)13-10(14)5-4-6-17-2/h7H,3-6H2,1-2H3,(H,13,14)(H,15,16). The van der Waals surface area contributed by atoms with Crippen molar-refractivity contribution in [1.82, 2.24) is 0 Å². The van der Waals surface area contributed by atoms with Gasteiger partial charge in [0.2, 0.25) is 5.91 Å². The summed E-state index contributed by atoms with van der Waals surface area (Å²) in [6.45, 7) is 2.46. The number of carbonyl (C=O) groups is 2. The number of hydrogen-bond donors (Lipinski definition) is 2. The van der Waals surface area contributed by atoms with Crippen LogP contribution >= 0.6 is 11.3 Å². The van der Waals surface area contributed by atoms with Gasteiger partial charge in [-0.3, -0.25) is 4.79 Å². The number of carboxylic acids is 1. The second-order valence-electron chi connectivity index (χ2n) is 3.76. The highest BCUT2D eigenvalue weighted by atomic mass is 32.1. The van der Waals surface area contributed by atoms with Gasteiger partial charge in [0.25, 0.3) is 0 Å². The molecule has 0 fully saturated rings. The van der Waals surface area contributed by atoms with E-state index in [1.165, 1.54) is 11.3 Å². The molecule has 0 aliphatic carbocycles. The molecule has 0 saturated heterocycles. The summed E-state index contributed by atoms with van der Waals surface area (Å²) in [5.41, 5.74) is 0.164. The molecular formula is C12H17NO4S. The lowest BCUT2D eigenvalue weighted by molar-refractivity contribution is -0.116. The number of nitrogens with one attached hydrogen (secondary N) is 1. The van der Waals surface area contributed by atoms with Gasteiger partial charge in [-0.1, -0.05) is 6.92 Å². The largest absolute Gasteiger partial charge is 0.478 e. The fourth-order valence-corrected chi connectivity index (χ4v) is 2.44. The summed E-state index contributed by atoms with van der Waals surface area (Å²) in [6, 6.07) is 1.61. The first kappa shape index (κ1) is 14.7. The molecule has 0 aliphatic heterocycles. The summed E-state index contributed by atoms with van der Waals surface area (Å²) in [4.78, 5) is 23.6. The molecule has 5 nitrogen and oxygen atoms in total. The van der Waals surface area contributed by atoms with Gasteiger partial charge in [-0.25, -0.2) is 4.79 Å². The molecular weight excluding hydrogens is 254 g/mol. The Bertz CT molecular complexity index is 428. The van der Waals surface area contributed by atoms with E-state index in [0.29, 0.717) is 24.4 Å². The van der Waals surface area contributed by atoms with Crippen LogP contribution in [0.5, 0.6) is 0 Å². The Kier molecular flexibility index (Phi) is 5.80.